The van der Waals surface area contributed by atoms with Crippen molar-refractivity contribution in [3.63, 3.8) is 0 Å². The van der Waals surface area contributed by atoms with Gasteiger partial charge >= 0.3 is 0 Å². The Bertz CT molecular complexity index is 306. The van der Waals surface area contributed by atoms with Crippen LogP contribution in [0.4, 0.5) is 0 Å². The summed E-state index contributed by atoms with van der Waals surface area (Å²) in [6.07, 6.45) is 0. The van der Waals surface area contributed by atoms with Gasteiger partial charge in [0.25, 0.3) is 0 Å². The summed E-state index contributed by atoms with van der Waals surface area (Å²) in [7, 11) is 0. The van der Waals surface area contributed by atoms with E-state index in [1.54, 1.807) is 0 Å². The molecule has 0 fully saturated rings. The zero-order chi connectivity index (χ0) is 11.3. The fourth-order valence-corrected chi connectivity index (χ4v) is 1.61. The molecule has 15 heavy (non-hydrogen) atoms. The number of hydrogen-bond acceptors (Lipinski definition) is 1. The molecule has 0 spiro atoms. The predicted molar refractivity (Wildman–Crippen MR) is 67.0 cm³/mol. The topological polar surface area (TPSA) is 3.24 Å². The summed E-state index contributed by atoms with van der Waals surface area (Å²) in [6, 6.07) is 10.9. The van der Waals surface area contributed by atoms with Gasteiger partial charge in [0, 0.05) is 24.2 Å². The Balaban J connectivity index is 2.63. The Morgan fingerprint density at radius 2 is 1.93 bits per heavy atom. The maximum Gasteiger partial charge on any atom is 0.0341 e. The number of halogens is 1. The van der Waals surface area contributed by atoms with Crippen molar-refractivity contribution < 1.29 is 0 Å². The summed E-state index contributed by atoms with van der Waals surface area (Å²) in [6.45, 7) is 9.75. The van der Waals surface area contributed by atoms with E-state index in [9.17, 15) is 0 Å². The summed E-state index contributed by atoms with van der Waals surface area (Å²) in [4.78, 5) is 2.30. The van der Waals surface area contributed by atoms with E-state index >= 15 is 0 Å². The monoisotopic (exact) mass is 223 g/mol. The van der Waals surface area contributed by atoms with E-state index in [2.05, 4.69) is 49.6 Å². The third kappa shape index (κ3) is 4.50. The first kappa shape index (κ1) is 12.3. The van der Waals surface area contributed by atoms with Gasteiger partial charge < -0.3 is 0 Å². The van der Waals surface area contributed by atoms with E-state index in [1.165, 1.54) is 5.56 Å². The van der Waals surface area contributed by atoms with Crippen molar-refractivity contribution in [3.05, 3.63) is 47.5 Å². The molecule has 0 saturated heterocycles. The quantitative estimate of drug-likeness (QED) is 0.737. The summed E-state index contributed by atoms with van der Waals surface area (Å²) < 4.78 is 0. The van der Waals surface area contributed by atoms with Crippen LogP contribution in [0.2, 0.25) is 0 Å². The lowest BCUT2D eigenvalue weighted by atomic mass is 10.2. The highest BCUT2D eigenvalue weighted by atomic mass is 35.5. The van der Waals surface area contributed by atoms with Crippen molar-refractivity contribution in [2.45, 2.75) is 26.4 Å². The summed E-state index contributed by atoms with van der Waals surface area (Å²) in [5.74, 6) is 0. The maximum absolute atomic E-state index is 5.85. The SMILES string of the molecule is C=C(Cl)CN(Cc1ccccc1)C(C)C. The highest BCUT2D eigenvalue weighted by Crippen LogP contribution is 2.11. The molecule has 0 unspecified atom stereocenters. The van der Waals surface area contributed by atoms with Crippen LogP contribution in [0.3, 0.4) is 0 Å². The molecule has 1 aromatic carbocycles. The van der Waals surface area contributed by atoms with Crippen molar-refractivity contribution in [1.29, 1.82) is 0 Å². The van der Waals surface area contributed by atoms with Crippen LogP contribution in [-0.4, -0.2) is 17.5 Å². The van der Waals surface area contributed by atoms with Crippen LogP contribution in [0, 0.1) is 0 Å². The molecular weight excluding hydrogens is 206 g/mol. The molecule has 0 bridgehead atoms. The number of benzene rings is 1. The minimum atomic E-state index is 0.473. The van der Waals surface area contributed by atoms with Crippen LogP contribution in [0.5, 0.6) is 0 Å². The van der Waals surface area contributed by atoms with Gasteiger partial charge in [-0.1, -0.05) is 48.5 Å². The Hall–Kier alpha value is -0.790. The third-order valence-corrected chi connectivity index (χ3v) is 2.45. The maximum atomic E-state index is 5.85. The molecule has 1 aromatic rings. The molecule has 0 amide bonds. The van der Waals surface area contributed by atoms with Crippen molar-refractivity contribution in [1.82, 2.24) is 4.90 Å². The molecule has 82 valence electrons. The molecule has 0 radical (unpaired) electrons. The van der Waals surface area contributed by atoms with Crippen LogP contribution in [0.15, 0.2) is 41.9 Å². The van der Waals surface area contributed by atoms with Crippen LogP contribution < -0.4 is 0 Å². The van der Waals surface area contributed by atoms with Gasteiger partial charge in [0.15, 0.2) is 0 Å². The number of rotatable bonds is 5. The Morgan fingerprint density at radius 3 is 2.40 bits per heavy atom. The van der Waals surface area contributed by atoms with Gasteiger partial charge in [0.1, 0.15) is 0 Å². The fourth-order valence-electron chi connectivity index (χ4n) is 1.46. The molecule has 0 aliphatic heterocycles. The number of hydrogen-bond donors (Lipinski definition) is 0. The van der Waals surface area contributed by atoms with E-state index in [4.69, 9.17) is 11.6 Å². The van der Waals surface area contributed by atoms with E-state index in [0.717, 1.165) is 13.1 Å². The highest BCUT2D eigenvalue weighted by Gasteiger charge is 2.10. The fraction of sp³-hybridized carbons (Fsp3) is 0.385. The Labute approximate surface area is 97.4 Å². The molecule has 2 heteroatoms. The van der Waals surface area contributed by atoms with Gasteiger partial charge in [-0.15, -0.1) is 0 Å². The second kappa shape index (κ2) is 5.94. The average Bonchev–Trinajstić information content (AvgIpc) is 2.17. The molecule has 0 saturated carbocycles. The molecule has 0 aromatic heterocycles. The van der Waals surface area contributed by atoms with Crippen molar-refractivity contribution in [2.24, 2.45) is 0 Å². The lowest BCUT2D eigenvalue weighted by Crippen LogP contribution is -2.31. The Kier molecular flexibility index (Phi) is 4.86. The molecule has 1 nitrogen and oxygen atoms in total. The van der Waals surface area contributed by atoms with Crippen LogP contribution >= 0.6 is 11.6 Å². The first-order valence-corrected chi connectivity index (χ1v) is 5.58. The normalized spacial score (nSPS) is 11.0. The summed E-state index contributed by atoms with van der Waals surface area (Å²) in [5.41, 5.74) is 1.31. The highest BCUT2D eigenvalue weighted by molar-refractivity contribution is 6.29. The lowest BCUT2D eigenvalue weighted by molar-refractivity contribution is 0.235. The predicted octanol–water partition coefficient (Wildman–Crippen LogP) is 3.65. The number of nitrogens with zero attached hydrogens (tertiary/aromatic N) is 1. The van der Waals surface area contributed by atoms with E-state index < -0.39 is 0 Å². The molecule has 0 N–H and O–H groups in total. The summed E-state index contributed by atoms with van der Waals surface area (Å²) >= 11 is 5.85. The second-order valence-electron chi connectivity index (χ2n) is 4.00. The molecular formula is C13H18ClN. The van der Waals surface area contributed by atoms with Crippen molar-refractivity contribution in [3.8, 4) is 0 Å². The largest absolute Gasteiger partial charge is 0.292 e. The lowest BCUT2D eigenvalue weighted by Gasteiger charge is -2.26. The van der Waals surface area contributed by atoms with Crippen LogP contribution in [-0.2, 0) is 6.54 Å². The van der Waals surface area contributed by atoms with Gasteiger partial charge in [0.05, 0.1) is 0 Å². The first-order valence-electron chi connectivity index (χ1n) is 5.21. The summed E-state index contributed by atoms with van der Waals surface area (Å²) in [5, 5.41) is 0.694. The Morgan fingerprint density at radius 1 is 1.33 bits per heavy atom. The van der Waals surface area contributed by atoms with Gasteiger partial charge in [-0.05, 0) is 19.4 Å². The molecule has 0 atom stereocenters. The van der Waals surface area contributed by atoms with Gasteiger partial charge in [0.2, 0.25) is 0 Å². The second-order valence-corrected chi connectivity index (χ2v) is 4.54. The molecule has 0 aliphatic carbocycles. The third-order valence-electron chi connectivity index (χ3n) is 2.33. The van der Waals surface area contributed by atoms with E-state index in [0.29, 0.717) is 11.1 Å². The molecule has 1 rings (SSSR count). The average molecular weight is 224 g/mol. The zero-order valence-corrected chi connectivity index (χ0v) is 10.2. The standard InChI is InChI=1S/C13H18ClN/c1-11(2)15(9-12(3)14)10-13-7-5-4-6-8-13/h4-8,11H,3,9-10H2,1-2H3. The van der Waals surface area contributed by atoms with Crippen LogP contribution in [0.25, 0.3) is 0 Å². The van der Waals surface area contributed by atoms with Gasteiger partial charge in [-0.25, -0.2) is 0 Å². The van der Waals surface area contributed by atoms with E-state index in [1.807, 2.05) is 6.07 Å². The zero-order valence-electron chi connectivity index (χ0n) is 9.41. The van der Waals surface area contributed by atoms with Gasteiger partial charge in [-0.3, -0.25) is 4.90 Å². The first-order chi connectivity index (χ1) is 7.09. The minimum absolute atomic E-state index is 0.473. The van der Waals surface area contributed by atoms with Gasteiger partial charge in [-0.2, -0.15) is 0 Å². The van der Waals surface area contributed by atoms with Crippen molar-refractivity contribution in [2.75, 3.05) is 6.54 Å². The van der Waals surface area contributed by atoms with Crippen LogP contribution in [0.1, 0.15) is 19.4 Å². The minimum Gasteiger partial charge on any atom is -0.292 e. The smallest absolute Gasteiger partial charge is 0.0341 e. The molecule has 0 heterocycles. The van der Waals surface area contributed by atoms with Crippen molar-refractivity contribution >= 4 is 11.6 Å². The molecule has 0 aliphatic rings. The van der Waals surface area contributed by atoms with E-state index in [-0.39, 0.29) is 0 Å².